The van der Waals surface area contributed by atoms with Crippen LogP contribution < -0.4 is 19.5 Å². The van der Waals surface area contributed by atoms with Crippen LogP contribution in [0.5, 0.6) is 17.2 Å². The summed E-state index contributed by atoms with van der Waals surface area (Å²) in [5, 5.41) is 2.72. The molecule has 1 unspecified atom stereocenters. The average Bonchev–Trinajstić information content (AvgIpc) is 3.20. The van der Waals surface area contributed by atoms with Crippen LogP contribution in [-0.2, 0) is 4.79 Å². The van der Waals surface area contributed by atoms with E-state index in [4.69, 9.17) is 26.4 Å². The Hall–Kier alpha value is -3.55. The number of ether oxygens (including phenoxy) is 3. The fourth-order valence-corrected chi connectivity index (χ4v) is 5.47. The molecule has 0 radical (unpaired) electrons. The second kappa shape index (κ2) is 9.60. The summed E-state index contributed by atoms with van der Waals surface area (Å²) in [4.78, 5) is 13.2. The number of aryl methyl sites for hydroxylation is 1. The molecule has 0 spiro atoms. The van der Waals surface area contributed by atoms with Gasteiger partial charge in [-0.05, 0) is 48.4 Å². The van der Waals surface area contributed by atoms with Crippen LogP contribution in [0.1, 0.15) is 28.2 Å². The molecule has 176 valence electrons. The highest BCUT2D eigenvalue weighted by molar-refractivity contribution is 8.26. The van der Waals surface area contributed by atoms with Gasteiger partial charge >= 0.3 is 0 Å². The molecule has 2 heterocycles. The summed E-state index contributed by atoms with van der Waals surface area (Å²) >= 11 is 6.50. The molecule has 1 saturated heterocycles. The number of para-hydroxylation sites is 1. The zero-order valence-corrected chi connectivity index (χ0v) is 21.1. The van der Waals surface area contributed by atoms with Crippen molar-refractivity contribution in [3.05, 3.63) is 106 Å². The van der Waals surface area contributed by atoms with E-state index in [1.807, 2.05) is 54.6 Å². The predicted octanol–water partition coefficient (Wildman–Crippen LogP) is 5.98. The highest BCUT2D eigenvalue weighted by Gasteiger charge is 2.33. The van der Waals surface area contributed by atoms with Crippen LogP contribution in [0.4, 0.5) is 0 Å². The lowest BCUT2D eigenvalue weighted by Crippen LogP contribution is -2.19. The van der Waals surface area contributed by atoms with Crippen molar-refractivity contribution in [3.8, 4) is 17.2 Å². The molecule has 0 bridgehead atoms. The first-order chi connectivity index (χ1) is 17.0. The SMILES string of the molecule is COc1ccc(C2=C(/C=C3\SC(=S)NC3=O)C(c3ccccc3C)c3ccccc3O2)cc1OC. The van der Waals surface area contributed by atoms with Gasteiger partial charge in [-0.3, -0.25) is 4.79 Å². The Morgan fingerprint density at radius 1 is 0.971 bits per heavy atom. The third kappa shape index (κ3) is 4.33. The zero-order valence-electron chi connectivity index (χ0n) is 19.5. The van der Waals surface area contributed by atoms with Crippen LogP contribution in [-0.4, -0.2) is 24.4 Å². The summed E-state index contributed by atoms with van der Waals surface area (Å²) in [5.74, 6) is 2.28. The van der Waals surface area contributed by atoms with E-state index in [1.54, 1.807) is 14.2 Å². The number of thiocarbonyl (C=S) groups is 1. The van der Waals surface area contributed by atoms with Crippen LogP contribution in [0.25, 0.3) is 5.76 Å². The van der Waals surface area contributed by atoms with Gasteiger partial charge < -0.3 is 19.5 Å². The number of hydrogen-bond acceptors (Lipinski definition) is 6. The third-order valence-electron chi connectivity index (χ3n) is 6.09. The lowest BCUT2D eigenvalue weighted by molar-refractivity contribution is -0.115. The van der Waals surface area contributed by atoms with E-state index in [-0.39, 0.29) is 11.8 Å². The van der Waals surface area contributed by atoms with Crippen LogP contribution in [0.15, 0.2) is 83.3 Å². The Labute approximate surface area is 213 Å². The number of allylic oxidation sites excluding steroid dienone is 2. The van der Waals surface area contributed by atoms with E-state index in [9.17, 15) is 4.79 Å². The Kier molecular flexibility index (Phi) is 6.36. The number of hydrogen-bond donors (Lipinski definition) is 1. The van der Waals surface area contributed by atoms with Crippen molar-refractivity contribution in [2.45, 2.75) is 12.8 Å². The maximum Gasteiger partial charge on any atom is 0.263 e. The topological polar surface area (TPSA) is 56.8 Å². The lowest BCUT2D eigenvalue weighted by Gasteiger charge is -2.31. The van der Waals surface area contributed by atoms with E-state index >= 15 is 0 Å². The fourth-order valence-electron chi connectivity index (χ4n) is 4.44. The molecule has 35 heavy (non-hydrogen) atoms. The minimum Gasteiger partial charge on any atom is -0.493 e. The number of rotatable bonds is 5. The predicted molar refractivity (Wildman–Crippen MR) is 143 cm³/mol. The van der Waals surface area contributed by atoms with Crippen molar-refractivity contribution in [2.75, 3.05) is 14.2 Å². The summed E-state index contributed by atoms with van der Waals surface area (Å²) in [6, 6.07) is 22.0. The molecule has 5 rings (SSSR count). The first kappa shape index (κ1) is 23.2. The molecule has 7 heteroatoms. The number of amides is 1. The molecular weight excluding hydrogens is 478 g/mol. The Morgan fingerprint density at radius 2 is 1.69 bits per heavy atom. The first-order valence-corrected chi connectivity index (χ1v) is 12.3. The molecule has 0 saturated carbocycles. The highest BCUT2D eigenvalue weighted by Crippen LogP contribution is 2.48. The van der Waals surface area contributed by atoms with Crippen molar-refractivity contribution in [1.29, 1.82) is 0 Å². The monoisotopic (exact) mass is 501 g/mol. The van der Waals surface area contributed by atoms with Gasteiger partial charge in [0, 0.05) is 22.6 Å². The molecule has 1 fully saturated rings. The van der Waals surface area contributed by atoms with Gasteiger partial charge in [0.05, 0.1) is 19.1 Å². The summed E-state index contributed by atoms with van der Waals surface area (Å²) in [7, 11) is 3.21. The molecule has 0 aromatic heterocycles. The number of fused-ring (bicyclic) bond motifs is 1. The molecule has 1 N–H and O–H groups in total. The highest BCUT2D eigenvalue weighted by atomic mass is 32.2. The number of benzene rings is 3. The normalized spacial score (nSPS) is 18.3. The smallest absolute Gasteiger partial charge is 0.263 e. The quantitative estimate of drug-likeness (QED) is 0.343. The first-order valence-electron chi connectivity index (χ1n) is 11.0. The van der Waals surface area contributed by atoms with Crippen molar-refractivity contribution >= 4 is 40.0 Å². The number of carbonyl (C=O) groups is 1. The summed E-state index contributed by atoms with van der Waals surface area (Å²) < 4.78 is 18.0. The minimum atomic E-state index is -0.207. The van der Waals surface area contributed by atoms with E-state index in [1.165, 1.54) is 11.8 Å². The van der Waals surface area contributed by atoms with Crippen LogP contribution in [0.3, 0.4) is 0 Å². The largest absolute Gasteiger partial charge is 0.493 e. The standard InChI is InChI=1S/C28H23NO4S2/c1-16-8-4-5-9-18(16)25-19-10-6-7-11-21(19)33-26(17-12-13-22(31-2)23(14-17)32-3)20(25)15-24-27(30)29-28(34)35-24/h4-15,25H,1-3H3,(H,29,30,34)/b24-15-. The molecule has 0 aliphatic carbocycles. The maximum absolute atomic E-state index is 12.7. The number of nitrogens with one attached hydrogen (secondary N) is 1. The van der Waals surface area contributed by atoms with Gasteiger partial charge in [0.1, 0.15) is 15.8 Å². The van der Waals surface area contributed by atoms with E-state index in [2.05, 4.69) is 30.4 Å². The van der Waals surface area contributed by atoms with Crippen molar-refractivity contribution in [1.82, 2.24) is 5.32 Å². The van der Waals surface area contributed by atoms with E-state index < -0.39 is 0 Å². The lowest BCUT2D eigenvalue weighted by atomic mass is 9.79. The molecule has 3 aromatic rings. The second-order valence-corrected chi connectivity index (χ2v) is 9.85. The van der Waals surface area contributed by atoms with Gasteiger partial charge in [0.25, 0.3) is 5.91 Å². The number of thioether (sulfide) groups is 1. The Balaban J connectivity index is 1.81. The van der Waals surface area contributed by atoms with E-state index in [0.717, 1.165) is 33.6 Å². The van der Waals surface area contributed by atoms with Gasteiger partial charge in [-0.1, -0.05) is 66.4 Å². The van der Waals surface area contributed by atoms with Crippen LogP contribution in [0, 0.1) is 6.92 Å². The summed E-state index contributed by atoms with van der Waals surface area (Å²) in [5.41, 5.74) is 5.00. The van der Waals surface area contributed by atoms with Gasteiger partial charge in [0.15, 0.2) is 11.5 Å². The molecule has 2 aliphatic rings. The van der Waals surface area contributed by atoms with E-state index in [0.29, 0.717) is 26.5 Å². The zero-order chi connectivity index (χ0) is 24.5. The molecule has 1 atom stereocenters. The fraction of sp³-hybridized carbons (Fsp3) is 0.143. The maximum atomic E-state index is 12.7. The molecule has 3 aromatic carbocycles. The Bertz CT molecular complexity index is 1410. The number of methoxy groups -OCH3 is 2. The summed E-state index contributed by atoms with van der Waals surface area (Å²) in [6.45, 7) is 2.10. The van der Waals surface area contributed by atoms with Crippen molar-refractivity contribution < 1.29 is 19.0 Å². The number of carbonyl (C=O) groups excluding carboxylic acids is 1. The van der Waals surface area contributed by atoms with Crippen LogP contribution >= 0.6 is 24.0 Å². The van der Waals surface area contributed by atoms with Gasteiger partial charge in [-0.25, -0.2) is 0 Å². The molecule has 2 aliphatic heterocycles. The summed E-state index contributed by atoms with van der Waals surface area (Å²) in [6.07, 6.45) is 1.90. The second-order valence-electron chi connectivity index (χ2n) is 8.14. The molecular formula is C28H23NO4S2. The Morgan fingerprint density at radius 3 is 2.37 bits per heavy atom. The third-order valence-corrected chi connectivity index (χ3v) is 7.25. The van der Waals surface area contributed by atoms with Crippen molar-refractivity contribution in [3.63, 3.8) is 0 Å². The molecule has 5 nitrogen and oxygen atoms in total. The van der Waals surface area contributed by atoms with Gasteiger partial charge in [0.2, 0.25) is 0 Å². The minimum absolute atomic E-state index is 0.153. The van der Waals surface area contributed by atoms with Gasteiger partial charge in [-0.15, -0.1) is 0 Å². The average molecular weight is 502 g/mol. The van der Waals surface area contributed by atoms with Crippen LogP contribution in [0.2, 0.25) is 0 Å². The van der Waals surface area contributed by atoms with Gasteiger partial charge in [-0.2, -0.15) is 0 Å². The van der Waals surface area contributed by atoms with Crippen molar-refractivity contribution in [2.24, 2.45) is 0 Å². The molecule has 1 amide bonds.